The fourth-order valence-corrected chi connectivity index (χ4v) is 5.02. The summed E-state index contributed by atoms with van der Waals surface area (Å²) in [6.07, 6.45) is 6.36. The van der Waals surface area contributed by atoms with Gasteiger partial charge in [-0.15, -0.1) is 0 Å². The number of aromatic nitrogens is 1. The average Bonchev–Trinajstić information content (AvgIpc) is 3.24. The van der Waals surface area contributed by atoms with Gasteiger partial charge < -0.3 is 15.3 Å². The lowest BCUT2D eigenvalue weighted by Gasteiger charge is -2.31. The lowest BCUT2D eigenvalue weighted by atomic mass is 9.79. The van der Waals surface area contributed by atoms with Gasteiger partial charge >= 0.3 is 6.03 Å². The van der Waals surface area contributed by atoms with E-state index >= 15 is 0 Å². The molecule has 2 aromatic rings. The first-order valence-corrected chi connectivity index (χ1v) is 13.1. The Labute approximate surface area is 196 Å². The second-order valence-corrected chi connectivity index (χ2v) is 10.7. The number of nitrogens with zero attached hydrogens (tertiary/aromatic N) is 2. The Morgan fingerprint density at radius 3 is 2.76 bits per heavy atom. The van der Waals surface area contributed by atoms with Crippen LogP contribution < -0.4 is 10.0 Å². The molecule has 8 nitrogen and oxygen atoms in total. The Kier molecular flexibility index (Phi) is 7.06. The number of fused-ring (bicyclic) bond motifs is 1. The molecule has 2 heterocycles. The van der Waals surface area contributed by atoms with E-state index in [1.807, 2.05) is 29.0 Å². The minimum atomic E-state index is -3.69. The Morgan fingerprint density at radius 1 is 1.27 bits per heavy atom. The number of piperidine rings is 1. The van der Waals surface area contributed by atoms with Gasteiger partial charge in [0.1, 0.15) is 6.10 Å². The number of nitrogens with one attached hydrogen (secondary N) is 2. The number of likely N-dealkylation sites (tertiary alicyclic amines) is 1. The quantitative estimate of drug-likeness (QED) is 0.562. The van der Waals surface area contributed by atoms with Crippen molar-refractivity contribution in [1.82, 2.24) is 14.6 Å². The van der Waals surface area contributed by atoms with E-state index in [1.165, 1.54) is 0 Å². The van der Waals surface area contributed by atoms with Gasteiger partial charge in [-0.3, -0.25) is 4.98 Å². The highest BCUT2D eigenvalue weighted by Crippen LogP contribution is 2.38. The molecular weight excluding hydrogens is 439 g/mol. The molecule has 2 amide bonds. The SMILES string of the molecule is [B]C1CCN(CC(O)c2cc(-c3ccc4c(c3NC(=O)NS(C)(=O)=O)CCC4)ccn2)CC1. The molecule has 174 valence electrons. The molecule has 1 aliphatic heterocycles. The van der Waals surface area contributed by atoms with E-state index < -0.39 is 22.2 Å². The highest BCUT2D eigenvalue weighted by molar-refractivity contribution is 7.89. The Balaban J connectivity index is 1.60. The minimum Gasteiger partial charge on any atom is -0.385 e. The summed E-state index contributed by atoms with van der Waals surface area (Å²) >= 11 is 0. The molecule has 1 aromatic carbocycles. The molecule has 0 saturated carbocycles. The molecule has 1 saturated heterocycles. The van der Waals surface area contributed by atoms with Crippen molar-refractivity contribution in [2.24, 2.45) is 0 Å². The lowest BCUT2D eigenvalue weighted by Crippen LogP contribution is -2.35. The number of carbonyl (C=O) groups excluding carboxylic acids is 1. The topological polar surface area (TPSA) is 112 Å². The summed E-state index contributed by atoms with van der Waals surface area (Å²) in [4.78, 5) is 18.9. The number of benzene rings is 1. The number of sulfonamides is 1. The van der Waals surface area contributed by atoms with E-state index in [1.54, 1.807) is 6.20 Å². The second kappa shape index (κ2) is 9.83. The summed E-state index contributed by atoms with van der Waals surface area (Å²) in [6.45, 7) is 2.19. The van der Waals surface area contributed by atoms with Crippen molar-refractivity contribution in [3.05, 3.63) is 47.3 Å². The molecule has 3 N–H and O–H groups in total. The molecule has 2 radical (unpaired) electrons. The lowest BCUT2D eigenvalue weighted by molar-refractivity contribution is 0.0986. The van der Waals surface area contributed by atoms with Crippen LogP contribution in [0.15, 0.2) is 30.5 Å². The average molecular weight is 468 g/mol. The van der Waals surface area contributed by atoms with Gasteiger partial charge in [-0.25, -0.2) is 17.9 Å². The van der Waals surface area contributed by atoms with E-state index in [-0.39, 0.29) is 5.82 Å². The van der Waals surface area contributed by atoms with Gasteiger partial charge in [0.25, 0.3) is 0 Å². The molecule has 0 bridgehead atoms. The summed E-state index contributed by atoms with van der Waals surface area (Å²) in [6, 6.07) is 6.84. The van der Waals surface area contributed by atoms with E-state index in [0.717, 1.165) is 73.7 Å². The predicted molar refractivity (Wildman–Crippen MR) is 129 cm³/mol. The van der Waals surface area contributed by atoms with E-state index in [4.69, 9.17) is 7.85 Å². The van der Waals surface area contributed by atoms with E-state index in [0.29, 0.717) is 17.9 Å². The van der Waals surface area contributed by atoms with E-state index in [9.17, 15) is 18.3 Å². The zero-order valence-corrected chi connectivity index (χ0v) is 19.6. The molecule has 1 atom stereocenters. The molecule has 4 rings (SSSR count). The molecule has 2 aliphatic rings. The van der Waals surface area contributed by atoms with Gasteiger partial charge in [0.05, 0.1) is 25.5 Å². The monoisotopic (exact) mass is 468 g/mol. The molecule has 10 heteroatoms. The third kappa shape index (κ3) is 5.93. The smallest absolute Gasteiger partial charge is 0.332 e. The van der Waals surface area contributed by atoms with Crippen molar-refractivity contribution in [1.29, 1.82) is 0 Å². The summed E-state index contributed by atoms with van der Waals surface area (Å²) in [5.41, 5.74) is 4.87. The third-order valence-corrected chi connectivity index (χ3v) is 6.85. The molecule has 1 aliphatic carbocycles. The van der Waals surface area contributed by atoms with Crippen LogP contribution in [0, 0.1) is 0 Å². The van der Waals surface area contributed by atoms with Crippen LogP contribution in [-0.2, 0) is 22.9 Å². The largest absolute Gasteiger partial charge is 0.385 e. The Bertz CT molecular complexity index is 1130. The highest BCUT2D eigenvalue weighted by Gasteiger charge is 2.23. The number of aliphatic hydroxyl groups excluding tert-OH is 1. The van der Waals surface area contributed by atoms with E-state index in [2.05, 4.69) is 15.2 Å². The fourth-order valence-electron chi connectivity index (χ4n) is 4.63. The number of hydrogen-bond acceptors (Lipinski definition) is 6. The molecular formula is C23H29BN4O4S. The van der Waals surface area contributed by atoms with Crippen LogP contribution in [0.5, 0.6) is 0 Å². The van der Waals surface area contributed by atoms with Crippen molar-refractivity contribution in [2.45, 2.75) is 44.0 Å². The normalized spacial score (nSPS) is 18.0. The minimum absolute atomic E-state index is 0.227. The molecule has 1 aromatic heterocycles. The standard InChI is InChI=1S/C23H29BN4O4S/c1-33(31,32)27-23(30)26-22-18-4-2-3-15(18)5-6-19(22)16-7-10-25-20(13-16)21(29)14-28-11-8-17(24)9-12-28/h5-7,10,13,17,21,29H,2-4,8-9,11-12,14H2,1H3,(H2,26,27,30). The van der Waals surface area contributed by atoms with Crippen molar-refractivity contribution < 1.29 is 18.3 Å². The molecule has 1 fully saturated rings. The Hall–Kier alpha value is -2.43. The van der Waals surface area contributed by atoms with Gasteiger partial charge in [0, 0.05) is 18.3 Å². The van der Waals surface area contributed by atoms with Gasteiger partial charge in [-0.05, 0) is 74.0 Å². The van der Waals surface area contributed by atoms with Gasteiger partial charge in [-0.1, -0.05) is 17.9 Å². The van der Waals surface area contributed by atoms with Crippen LogP contribution in [0.1, 0.15) is 42.2 Å². The fraction of sp³-hybridized carbons (Fsp3) is 0.478. The van der Waals surface area contributed by atoms with Crippen LogP contribution in [0.25, 0.3) is 11.1 Å². The van der Waals surface area contributed by atoms with Crippen LogP contribution in [0.2, 0.25) is 5.82 Å². The number of aliphatic hydroxyl groups is 1. The zero-order chi connectivity index (χ0) is 23.6. The maximum absolute atomic E-state index is 12.4. The number of aryl methyl sites for hydroxylation is 1. The summed E-state index contributed by atoms with van der Waals surface area (Å²) in [5, 5.41) is 13.6. The first-order chi connectivity index (χ1) is 15.7. The van der Waals surface area contributed by atoms with Crippen LogP contribution in [0.4, 0.5) is 10.5 Å². The summed E-state index contributed by atoms with van der Waals surface area (Å²) in [7, 11) is 2.29. The number of hydrogen-bond donors (Lipinski definition) is 3. The van der Waals surface area contributed by atoms with Crippen molar-refractivity contribution in [3.63, 3.8) is 0 Å². The highest BCUT2D eigenvalue weighted by atomic mass is 32.2. The van der Waals surface area contributed by atoms with Gasteiger partial charge in [0.2, 0.25) is 10.0 Å². The van der Waals surface area contributed by atoms with Gasteiger partial charge in [-0.2, -0.15) is 0 Å². The number of anilines is 1. The number of carbonyl (C=O) groups is 1. The zero-order valence-electron chi connectivity index (χ0n) is 18.8. The Morgan fingerprint density at radius 2 is 2.03 bits per heavy atom. The van der Waals surface area contributed by atoms with Crippen molar-refractivity contribution in [3.8, 4) is 11.1 Å². The number of urea groups is 1. The summed E-state index contributed by atoms with van der Waals surface area (Å²) < 4.78 is 25.0. The van der Waals surface area contributed by atoms with Crippen LogP contribution in [0.3, 0.4) is 0 Å². The van der Waals surface area contributed by atoms with Crippen LogP contribution >= 0.6 is 0 Å². The maximum atomic E-state index is 12.4. The summed E-state index contributed by atoms with van der Waals surface area (Å²) in [5.74, 6) is 0.227. The second-order valence-electron chi connectivity index (χ2n) is 8.93. The molecule has 0 spiro atoms. The van der Waals surface area contributed by atoms with Gasteiger partial charge in [0.15, 0.2) is 0 Å². The first kappa shape index (κ1) is 23.7. The van der Waals surface area contributed by atoms with Crippen LogP contribution in [-0.4, -0.2) is 63.2 Å². The van der Waals surface area contributed by atoms with Crippen molar-refractivity contribution in [2.75, 3.05) is 31.2 Å². The van der Waals surface area contributed by atoms with Crippen molar-refractivity contribution >= 4 is 29.6 Å². The third-order valence-electron chi connectivity index (χ3n) is 6.30. The number of rotatable bonds is 6. The molecule has 33 heavy (non-hydrogen) atoms. The predicted octanol–water partition coefficient (Wildman–Crippen LogP) is 2.40. The number of β-amino-alcohol motifs (C(OH)–C–C–N with tert-alkyl or cyclic N) is 1. The number of pyridine rings is 1. The molecule has 1 unspecified atom stereocenters. The maximum Gasteiger partial charge on any atom is 0.332 e. The number of amides is 2. The first-order valence-electron chi connectivity index (χ1n) is 11.3.